The molecule has 1 aromatic rings. The zero-order valence-electron chi connectivity index (χ0n) is 10.8. The van der Waals surface area contributed by atoms with E-state index in [2.05, 4.69) is 0 Å². The van der Waals surface area contributed by atoms with Gasteiger partial charge in [0.1, 0.15) is 5.54 Å². The van der Waals surface area contributed by atoms with Crippen LogP contribution in [0.25, 0.3) is 0 Å². The van der Waals surface area contributed by atoms with Crippen LogP contribution in [0.5, 0.6) is 0 Å². The van der Waals surface area contributed by atoms with Gasteiger partial charge in [-0.1, -0.05) is 30.7 Å². The normalized spacial score (nSPS) is 15.8. The van der Waals surface area contributed by atoms with Crippen LogP contribution in [0.4, 0.5) is 0 Å². The second-order valence-corrected chi connectivity index (χ2v) is 6.36. The van der Waals surface area contributed by atoms with E-state index < -0.39 is 11.5 Å². The first-order valence-corrected chi connectivity index (χ1v) is 6.91. The van der Waals surface area contributed by atoms with Gasteiger partial charge in [-0.25, -0.2) is 0 Å². The highest BCUT2D eigenvalue weighted by molar-refractivity contribution is 8.00. The van der Waals surface area contributed by atoms with Gasteiger partial charge in [0.15, 0.2) is 0 Å². The molecular weight excluding hydrogens is 270 g/mol. The molecule has 0 amide bonds. The van der Waals surface area contributed by atoms with Crippen LogP contribution in [-0.2, 0) is 9.53 Å². The zero-order valence-corrected chi connectivity index (χ0v) is 12.3. The predicted molar refractivity (Wildman–Crippen MR) is 76.0 cm³/mol. The van der Waals surface area contributed by atoms with Gasteiger partial charge < -0.3 is 10.5 Å². The van der Waals surface area contributed by atoms with E-state index in [0.717, 1.165) is 4.90 Å². The van der Waals surface area contributed by atoms with Crippen LogP contribution in [0.15, 0.2) is 29.2 Å². The molecule has 0 aromatic heterocycles. The third-order valence-corrected chi connectivity index (χ3v) is 4.15. The van der Waals surface area contributed by atoms with Crippen molar-refractivity contribution in [2.45, 2.75) is 36.0 Å². The minimum Gasteiger partial charge on any atom is -0.468 e. The molecule has 0 saturated heterocycles. The fraction of sp³-hybridized carbons (Fsp3) is 0.462. The van der Waals surface area contributed by atoms with E-state index in [1.807, 2.05) is 31.2 Å². The van der Waals surface area contributed by atoms with Crippen molar-refractivity contribution in [1.82, 2.24) is 0 Å². The van der Waals surface area contributed by atoms with Gasteiger partial charge >= 0.3 is 5.97 Å². The van der Waals surface area contributed by atoms with E-state index >= 15 is 0 Å². The minimum absolute atomic E-state index is 0.166. The largest absolute Gasteiger partial charge is 0.468 e. The number of rotatable bonds is 5. The number of carbonyl (C=O) groups excluding carboxylic acids is 1. The van der Waals surface area contributed by atoms with E-state index in [9.17, 15) is 4.79 Å². The van der Waals surface area contributed by atoms with Crippen molar-refractivity contribution in [3.63, 3.8) is 0 Å². The Morgan fingerprint density at radius 3 is 2.72 bits per heavy atom. The summed E-state index contributed by atoms with van der Waals surface area (Å²) in [5.74, 6) is -0.394. The van der Waals surface area contributed by atoms with Crippen LogP contribution < -0.4 is 5.73 Å². The quantitative estimate of drug-likeness (QED) is 0.668. The van der Waals surface area contributed by atoms with Crippen LogP contribution in [0.2, 0.25) is 5.02 Å². The SMILES string of the molecule is COC(=O)C(C)(N)CC(C)Sc1ccccc1Cl. The Morgan fingerprint density at radius 2 is 2.17 bits per heavy atom. The van der Waals surface area contributed by atoms with Crippen LogP contribution in [0.1, 0.15) is 20.3 Å². The number of halogens is 1. The second kappa shape index (κ2) is 6.45. The minimum atomic E-state index is -0.970. The van der Waals surface area contributed by atoms with E-state index in [4.69, 9.17) is 22.1 Å². The highest BCUT2D eigenvalue weighted by Crippen LogP contribution is 2.33. The van der Waals surface area contributed by atoms with Crippen molar-refractivity contribution < 1.29 is 9.53 Å². The molecule has 2 atom stereocenters. The summed E-state index contributed by atoms with van der Waals surface area (Å²) < 4.78 is 4.69. The van der Waals surface area contributed by atoms with Crippen LogP contribution in [0.3, 0.4) is 0 Å². The Labute approximate surface area is 117 Å². The van der Waals surface area contributed by atoms with Gasteiger partial charge in [-0.3, -0.25) is 4.79 Å². The lowest BCUT2D eigenvalue weighted by Crippen LogP contribution is -2.47. The number of hydrogen-bond donors (Lipinski definition) is 1. The number of nitrogens with two attached hydrogens (primary N) is 1. The summed E-state index contributed by atoms with van der Waals surface area (Å²) in [5, 5.41) is 0.880. The first kappa shape index (κ1) is 15.3. The lowest BCUT2D eigenvalue weighted by Gasteiger charge is -2.25. The third kappa shape index (κ3) is 4.19. The van der Waals surface area contributed by atoms with Crippen molar-refractivity contribution in [2.24, 2.45) is 5.73 Å². The molecule has 0 aliphatic carbocycles. The first-order chi connectivity index (χ1) is 8.36. The molecule has 2 N–H and O–H groups in total. The molecule has 0 saturated carbocycles. The number of thioether (sulfide) groups is 1. The molecule has 0 spiro atoms. The molecule has 1 rings (SSSR count). The van der Waals surface area contributed by atoms with Gasteiger partial charge in [0.25, 0.3) is 0 Å². The van der Waals surface area contributed by atoms with Gasteiger partial charge in [-0.15, -0.1) is 11.8 Å². The monoisotopic (exact) mass is 287 g/mol. The molecule has 0 bridgehead atoms. The van der Waals surface area contributed by atoms with Crippen molar-refractivity contribution in [3.8, 4) is 0 Å². The Bertz CT molecular complexity index is 423. The van der Waals surface area contributed by atoms with E-state index in [1.54, 1.807) is 18.7 Å². The summed E-state index contributed by atoms with van der Waals surface area (Å²) in [7, 11) is 1.35. The number of benzene rings is 1. The number of ether oxygens (including phenoxy) is 1. The smallest absolute Gasteiger partial charge is 0.325 e. The Balaban J connectivity index is 2.65. The Kier molecular flexibility index (Phi) is 5.50. The average Bonchev–Trinajstić information content (AvgIpc) is 2.30. The highest BCUT2D eigenvalue weighted by Gasteiger charge is 2.31. The lowest BCUT2D eigenvalue weighted by molar-refractivity contribution is -0.146. The topological polar surface area (TPSA) is 52.3 Å². The van der Waals surface area contributed by atoms with Crippen molar-refractivity contribution >= 4 is 29.3 Å². The lowest BCUT2D eigenvalue weighted by atomic mass is 9.98. The summed E-state index contributed by atoms with van der Waals surface area (Å²) in [6.07, 6.45) is 0.523. The molecule has 0 aliphatic heterocycles. The first-order valence-electron chi connectivity index (χ1n) is 5.65. The molecule has 0 heterocycles. The maximum atomic E-state index is 11.5. The fourth-order valence-electron chi connectivity index (χ4n) is 1.71. The van der Waals surface area contributed by atoms with Crippen molar-refractivity contribution in [3.05, 3.63) is 29.3 Å². The van der Waals surface area contributed by atoms with Crippen LogP contribution in [-0.4, -0.2) is 23.9 Å². The zero-order chi connectivity index (χ0) is 13.8. The molecule has 1 aromatic carbocycles. The van der Waals surface area contributed by atoms with Crippen LogP contribution >= 0.6 is 23.4 Å². The maximum Gasteiger partial charge on any atom is 0.325 e. The van der Waals surface area contributed by atoms with Gasteiger partial charge in [0.2, 0.25) is 0 Å². The molecule has 18 heavy (non-hydrogen) atoms. The molecule has 5 heteroatoms. The van der Waals surface area contributed by atoms with E-state index in [1.165, 1.54) is 7.11 Å². The third-order valence-electron chi connectivity index (χ3n) is 2.53. The van der Waals surface area contributed by atoms with Crippen molar-refractivity contribution in [2.75, 3.05) is 7.11 Å². The molecule has 3 nitrogen and oxygen atoms in total. The summed E-state index contributed by atoms with van der Waals surface area (Å²) >= 11 is 7.69. The molecule has 0 aliphatic rings. The number of carbonyl (C=O) groups is 1. The summed E-state index contributed by atoms with van der Waals surface area (Å²) in [6, 6.07) is 7.62. The highest BCUT2D eigenvalue weighted by atomic mass is 35.5. The number of hydrogen-bond acceptors (Lipinski definition) is 4. The molecular formula is C13H18ClNO2S. The fourth-order valence-corrected chi connectivity index (χ4v) is 3.18. The predicted octanol–water partition coefficient (Wildman–Crippen LogP) is 3.10. The average molecular weight is 288 g/mol. The summed E-state index contributed by atoms with van der Waals surface area (Å²) in [5.41, 5.74) is 4.97. The molecule has 0 radical (unpaired) electrons. The van der Waals surface area contributed by atoms with Crippen molar-refractivity contribution in [1.29, 1.82) is 0 Å². The van der Waals surface area contributed by atoms with Gasteiger partial charge in [-0.05, 0) is 25.5 Å². The molecule has 2 unspecified atom stereocenters. The second-order valence-electron chi connectivity index (χ2n) is 4.47. The van der Waals surface area contributed by atoms with Gasteiger partial charge in [0, 0.05) is 10.1 Å². The molecule has 100 valence electrons. The summed E-state index contributed by atoms with van der Waals surface area (Å²) in [6.45, 7) is 3.70. The Morgan fingerprint density at radius 1 is 1.56 bits per heavy atom. The Hall–Kier alpha value is -0.710. The van der Waals surface area contributed by atoms with E-state index in [-0.39, 0.29) is 5.25 Å². The number of methoxy groups -OCH3 is 1. The standard InChI is InChI=1S/C13H18ClNO2S/c1-9(8-13(2,15)12(16)17-3)18-11-7-5-4-6-10(11)14/h4-7,9H,8,15H2,1-3H3. The van der Waals surface area contributed by atoms with E-state index in [0.29, 0.717) is 11.4 Å². The van der Waals surface area contributed by atoms with Gasteiger partial charge in [0.05, 0.1) is 12.1 Å². The molecule has 0 fully saturated rings. The maximum absolute atomic E-state index is 11.5. The van der Waals surface area contributed by atoms with Gasteiger partial charge in [-0.2, -0.15) is 0 Å². The van der Waals surface area contributed by atoms with Crippen LogP contribution in [0, 0.1) is 0 Å². The summed E-state index contributed by atoms with van der Waals surface area (Å²) in [4.78, 5) is 12.5. The number of esters is 1.